The Morgan fingerprint density at radius 3 is 2.90 bits per heavy atom. The number of nitrogens with one attached hydrogen (secondary N) is 1. The molecule has 0 aliphatic rings. The molecule has 10 heavy (non-hydrogen) atoms. The van der Waals surface area contributed by atoms with E-state index in [1.807, 2.05) is 11.6 Å². The summed E-state index contributed by atoms with van der Waals surface area (Å²) in [7, 11) is 0.00630. The normalized spacial score (nSPS) is 11.2. The Bertz CT molecular complexity index is 244. The number of aryl methyl sites for hydroxylation is 1. The Labute approximate surface area is 62.1 Å². The fraction of sp³-hybridized carbons (Fsp3) is 0.333. The average Bonchev–Trinajstić information content (AvgIpc) is 2.15. The quantitative estimate of drug-likeness (QED) is 0.625. The molecule has 54 valence electrons. The zero-order valence-electron chi connectivity index (χ0n) is 5.92. The number of aromatic nitrogens is 1. The van der Waals surface area contributed by atoms with Gasteiger partial charge in [0, 0.05) is 17.4 Å². The first-order valence-corrected chi connectivity index (χ1v) is 4.56. The maximum Gasteiger partial charge on any atom is 0.346 e. The highest BCUT2D eigenvalue weighted by Crippen LogP contribution is 2.22. The van der Waals surface area contributed by atoms with Crippen molar-refractivity contribution in [3.63, 3.8) is 0 Å². The Hall–Kier alpha value is -0.900. The van der Waals surface area contributed by atoms with Gasteiger partial charge < -0.3 is 0 Å². The number of rotatable bonds is 1. The molecular weight excluding hydrogens is 148 g/mol. The topological polar surface area (TPSA) is 42.0 Å². The number of thiazole rings is 1. The van der Waals surface area contributed by atoms with Crippen molar-refractivity contribution in [3.05, 3.63) is 11.6 Å². The highest BCUT2D eigenvalue weighted by molar-refractivity contribution is 7.31. The lowest BCUT2D eigenvalue weighted by atomic mass is 10.7. The zero-order chi connectivity index (χ0) is 7.56. The first-order valence-electron chi connectivity index (χ1n) is 2.87. The third-order valence-electron chi connectivity index (χ3n) is 1.04. The van der Waals surface area contributed by atoms with E-state index in [0.29, 0.717) is 0 Å². The van der Waals surface area contributed by atoms with E-state index in [0.717, 1.165) is 5.13 Å². The van der Waals surface area contributed by atoms with Crippen LogP contribution in [0.2, 0.25) is 0 Å². The molecule has 0 spiro atoms. The summed E-state index contributed by atoms with van der Waals surface area (Å²) in [5, 5.41) is 5.39. The van der Waals surface area contributed by atoms with Crippen molar-refractivity contribution in [3.8, 4) is 0 Å². The second kappa shape index (κ2) is 2.79. The van der Waals surface area contributed by atoms with E-state index in [1.54, 1.807) is 6.20 Å². The molecule has 1 rings (SSSR count). The van der Waals surface area contributed by atoms with Gasteiger partial charge in [-0.2, -0.15) is 4.98 Å². The van der Waals surface area contributed by atoms with Crippen LogP contribution in [-0.2, 0) is 11.1 Å². The van der Waals surface area contributed by atoms with Crippen molar-refractivity contribution in [1.82, 2.24) is 4.98 Å². The number of nitrogens with zero attached hydrogens (tertiary/aromatic N) is 1. The van der Waals surface area contributed by atoms with E-state index in [2.05, 4.69) is 10.3 Å². The molecule has 0 aromatic carbocycles. The highest BCUT2D eigenvalue weighted by Gasteiger charge is 2.09. The lowest BCUT2D eigenvalue weighted by Gasteiger charge is -1.88. The molecule has 1 N–H and O–H groups in total. The van der Waals surface area contributed by atoms with Crippen LogP contribution in [0.4, 0.5) is 5.13 Å². The molecule has 4 heteroatoms. The predicted molar refractivity (Wildman–Crippen MR) is 42.0 cm³/mol. The fourth-order valence-electron chi connectivity index (χ4n) is 0.600. The molecule has 1 aromatic heterocycles. The summed E-state index contributed by atoms with van der Waals surface area (Å²) in [6, 6.07) is 0. The first kappa shape index (κ1) is 7.21. The third kappa shape index (κ3) is 1.54. The molecule has 1 atom stereocenters. The van der Waals surface area contributed by atoms with E-state index >= 15 is 0 Å². The van der Waals surface area contributed by atoms with E-state index in [-0.39, 0.29) is 16.4 Å². The van der Waals surface area contributed by atoms with Crippen molar-refractivity contribution in [2.45, 2.75) is 6.92 Å². The van der Waals surface area contributed by atoms with Gasteiger partial charge in [-0.3, -0.25) is 10.1 Å². The molecule has 1 amide bonds. The lowest BCUT2D eigenvalue weighted by molar-refractivity contribution is -0.114. The standard InChI is InChI=1S/C6H8N2OS/c1-5(9)8-6-7-3-4-10(6)2/h3-4H,1-2H3/p+1. The molecule has 0 saturated heterocycles. The second-order valence-electron chi connectivity index (χ2n) is 1.96. The van der Waals surface area contributed by atoms with Crippen LogP contribution in [0.3, 0.4) is 0 Å². The molecule has 0 aliphatic heterocycles. The lowest BCUT2D eigenvalue weighted by Crippen LogP contribution is -2.05. The first-order chi connectivity index (χ1) is 4.70. The van der Waals surface area contributed by atoms with Gasteiger partial charge in [-0.05, 0) is 0 Å². The number of carbonyl (C=O) groups is 1. The van der Waals surface area contributed by atoms with E-state index in [9.17, 15) is 4.79 Å². The van der Waals surface area contributed by atoms with Gasteiger partial charge in [-0.25, -0.2) is 0 Å². The van der Waals surface area contributed by atoms with Crippen LogP contribution in [0.5, 0.6) is 0 Å². The van der Waals surface area contributed by atoms with E-state index in [1.165, 1.54) is 6.92 Å². The summed E-state index contributed by atoms with van der Waals surface area (Å²) in [4.78, 5) is 14.5. The summed E-state index contributed by atoms with van der Waals surface area (Å²) >= 11 is 0. The molecular formula is C6H9N2OS+. The number of hydrogen-bond donors (Lipinski definition) is 1. The molecule has 0 fully saturated rings. The number of anilines is 1. The minimum absolute atomic E-state index is 0.00630. The predicted octanol–water partition coefficient (Wildman–Crippen LogP) is 1.33. The third-order valence-corrected chi connectivity index (χ3v) is 2.39. The summed E-state index contributed by atoms with van der Waals surface area (Å²) in [6.07, 6.45) is 3.73. The van der Waals surface area contributed by atoms with Crippen LogP contribution in [-0.4, -0.2) is 10.9 Å². The molecule has 1 heterocycles. The maximum atomic E-state index is 10.5. The van der Waals surface area contributed by atoms with Gasteiger partial charge >= 0.3 is 5.13 Å². The van der Waals surface area contributed by atoms with Gasteiger partial charge in [0.25, 0.3) is 0 Å². The van der Waals surface area contributed by atoms with Gasteiger partial charge in [0.15, 0.2) is 5.38 Å². The maximum absolute atomic E-state index is 10.5. The minimum Gasteiger partial charge on any atom is -0.275 e. The van der Waals surface area contributed by atoms with Crippen molar-refractivity contribution in [2.75, 3.05) is 5.32 Å². The zero-order valence-corrected chi connectivity index (χ0v) is 6.73. The molecule has 0 aliphatic carbocycles. The SMILES string of the molecule is CC(=O)Nc1ncc[s+]1C. The van der Waals surface area contributed by atoms with E-state index < -0.39 is 0 Å². The largest absolute Gasteiger partial charge is 0.346 e. The Kier molecular flexibility index (Phi) is 2.01. The summed E-state index contributed by atoms with van der Waals surface area (Å²) in [5.41, 5.74) is 0. The monoisotopic (exact) mass is 157 g/mol. The van der Waals surface area contributed by atoms with Crippen molar-refractivity contribution in [1.29, 1.82) is 0 Å². The molecule has 0 bridgehead atoms. The molecule has 1 aromatic rings. The summed E-state index contributed by atoms with van der Waals surface area (Å²) in [6.45, 7) is 1.48. The summed E-state index contributed by atoms with van der Waals surface area (Å²) in [5.74, 6) is -0.0539. The van der Waals surface area contributed by atoms with Crippen LogP contribution in [0.1, 0.15) is 6.92 Å². The number of hydrogen-bond acceptors (Lipinski definition) is 2. The van der Waals surface area contributed by atoms with Crippen molar-refractivity contribution >= 4 is 21.5 Å². The second-order valence-corrected chi connectivity index (χ2v) is 3.73. The molecule has 0 saturated carbocycles. The van der Waals surface area contributed by atoms with Gasteiger partial charge in [0.2, 0.25) is 5.91 Å². The molecule has 1 unspecified atom stereocenters. The Morgan fingerprint density at radius 1 is 1.80 bits per heavy atom. The molecule has 0 radical (unpaired) electrons. The summed E-state index contributed by atoms with van der Waals surface area (Å²) < 4.78 is 0. The Morgan fingerprint density at radius 2 is 2.50 bits per heavy atom. The van der Waals surface area contributed by atoms with Gasteiger partial charge in [0.05, 0.1) is 6.20 Å². The Balaban J connectivity index is 2.74. The minimum atomic E-state index is -0.0539. The number of carbonyl (C=O) groups excluding carboxylic acids is 1. The average molecular weight is 157 g/mol. The smallest absolute Gasteiger partial charge is 0.275 e. The van der Waals surface area contributed by atoms with E-state index in [4.69, 9.17) is 0 Å². The van der Waals surface area contributed by atoms with Crippen LogP contribution >= 0.6 is 10.5 Å². The molecule has 3 nitrogen and oxygen atoms in total. The van der Waals surface area contributed by atoms with Crippen LogP contribution in [0, 0.1) is 0 Å². The van der Waals surface area contributed by atoms with Crippen molar-refractivity contribution < 1.29 is 4.79 Å². The van der Waals surface area contributed by atoms with Gasteiger partial charge in [-0.1, -0.05) is 0 Å². The number of amides is 1. The highest BCUT2D eigenvalue weighted by atomic mass is 32.2. The van der Waals surface area contributed by atoms with Crippen LogP contribution < -0.4 is 5.32 Å². The van der Waals surface area contributed by atoms with Gasteiger partial charge in [0.1, 0.15) is 6.26 Å². The van der Waals surface area contributed by atoms with Crippen molar-refractivity contribution in [2.24, 2.45) is 6.26 Å². The van der Waals surface area contributed by atoms with Gasteiger partial charge in [-0.15, -0.1) is 0 Å². The van der Waals surface area contributed by atoms with Crippen LogP contribution in [0.25, 0.3) is 0 Å². The fourth-order valence-corrected chi connectivity index (χ4v) is 1.50. The van der Waals surface area contributed by atoms with Crippen LogP contribution in [0.15, 0.2) is 11.6 Å².